The zero-order valence-corrected chi connectivity index (χ0v) is 15.6. The predicted molar refractivity (Wildman–Crippen MR) is 95.9 cm³/mol. The van der Waals surface area contributed by atoms with Gasteiger partial charge in [0.2, 0.25) is 0 Å². The van der Waals surface area contributed by atoms with Crippen LogP contribution in [0.15, 0.2) is 24.3 Å². The number of alkyl halides is 3. The van der Waals surface area contributed by atoms with Crippen LogP contribution in [0.3, 0.4) is 0 Å². The van der Waals surface area contributed by atoms with Crippen molar-refractivity contribution < 1.29 is 17.9 Å². The first kappa shape index (κ1) is 19.6. The normalized spacial score (nSPS) is 27.0. The molecule has 0 N–H and O–H groups in total. The first-order chi connectivity index (χ1) is 12.3. The molecule has 0 radical (unpaired) electrons. The Morgan fingerprint density at radius 2 is 1.69 bits per heavy atom. The summed E-state index contributed by atoms with van der Waals surface area (Å²) in [5.74, 6) is 0.672. The Kier molecular flexibility index (Phi) is 6.25. The molecule has 3 nitrogen and oxygen atoms in total. The van der Waals surface area contributed by atoms with Crippen LogP contribution in [0.5, 0.6) is 0 Å². The molecule has 2 unspecified atom stereocenters. The molecular weight excluding hydrogens is 341 g/mol. The fourth-order valence-corrected chi connectivity index (χ4v) is 4.23. The molecule has 0 spiro atoms. The molecule has 1 aromatic rings. The van der Waals surface area contributed by atoms with Gasteiger partial charge in [0.15, 0.2) is 0 Å². The van der Waals surface area contributed by atoms with E-state index in [1.54, 1.807) is 6.07 Å². The number of likely N-dealkylation sites (tertiary alicyclic amines) is 1. The molecule has 0 aliphatic carbocycles. The molecule has 0 aromatic heterocycles. The number of rotatable bonds is 4. The van der Waals surface area contributed by atoms with Crippen molar-refractivity contribution in [1.29, 1.82) is 0 Å². The summed E-state index contributed by atoms with van der Waals surface area (Å²) < 4.78 is 44.3. The van der Waals surface area contributed by atoms with Gasteiger partial charge in [-0.3, -0.25) is 9.80 Å². The number of piperidine rings is 1. The smallest absolute Gasteiger partial charge is 0.373 e. The highest BCUT2D eigenvalue weighted by Crippen LogP contribution is 2.30. The molecule has 2 saturated heterocycles. The van der Waals surface area contributed by atoms with Crippen molar-refractivity contribution in [3.05, 3.63) is 35.4 Å². The SMILES string of the molecule is CC1CN(CC2CCN(Cc3cccc(C(F)(F)F)c3)CC2)CC(C)O1. The van der Waals surface area contributed by atoms with Gasteiger partial charge < -0.3 is 4.74 Å². The van der Waals surface area contributed by atoms with Gasteiger partial charge in [-0.05, 0) is 57.3 Å². The summed E-state index contributed by atoms with van der Waals surface area (Å²) in [6.45, 7) is 9.86. The first-order valence-corrected chi connectivity index (χ1v) is 9.56. The Hall–Kier alpha value is -1.11. The van der Waals surface area contributed by atoms with E-state index in [2.05, 4.69) is 23.6 Å². The third-order valence-electron chi connectivity index (χ3n) is 5.38. The molecule has 2 heterocycles. The second-order valence-corrected chi connectivity index (χ2v) is 7.89. The van der Waals surface area contributed by atoms with E-state index in [0.29, 0.717) is 24.7 Å². The second kappa shape index (κ2) is 8.28. The number of halogens is 3. The van der Waals surface area contributed by atoms with Gasteiger partial charge in [-0.15, -0.1) is 0 Å². The lowest BCUT2D eigenvalue weighted by atomic mass is 9.95. The summed E-state index contributed by atoms with van der Waals surface area (Å²) in [4.78, 5) is 4.78. The van der Waals surface area contributed by atoms with Crippen molar-refractivity contribution in [1.82, 2.24) is 9.80 Å². The van der Waals surface area contributed by atoms with E-state index in [-0.39, 0.29) is 0 Å². The number of morpholine rings is 1. The number of benzene rings is 1. The summed E-state index contributed by atoms with van der Waals surface area (Å²) in [6.07, 6.45) is -1.47. The van der Waals surface area contributed by atoms with Crippen LogP contribution in [0.4, 0.5) is 13.2 Å². The second-order valence-electron chi connectivity index (χ2n) is 7.89. The summed E-state index contributed by atoms with van der Waals surface area (Å²) in [5, 5.41) is 0. The van der Waals surface area contributed by atoms with Crippen LogP contribution in [0.2, 0.25) is 0 Å². The van der Waals surface area contributed by atoms with Gasteiger partial charge >= 0.3 is 6.18 Å². The zero-order chi connectivity index (χ0) is 18.7. The molecule has 1 aromatic carbocycles. The fraction of sp³-hybridized carbons (Fsp3) is 0.700. The van der Waals surface area contributed by atoms with Gasteiger partial charge in [0.1, 0.15) is 0 Å². The number of ether oxygens (including phenoxy) is 1. The maximum absolute atomic E-state index is 12.8. The van der Waals surface area contributed by atoms with Crippen LogP contribution in [0.25, 0.3) is 0 Å². The van der Waals surface area contributed by atoms with Gasteiger partial charge in [0.25, 0.3) is 0 Å². The van der Waals surface area contributed by atoms with Crippen LogP contribution in [-0.2, 0) is 17.5 Å². The predicted octanol–water partition coefficient (Wildman–Crippen LogP) is 4.03. The van der Waals surface area contributed by atoms with E-state index in [1.165, 1.54) is 12.1 Å². The Balaban J connectivity index is 1.47. The molecule has 2 fully saturated rings. The van der Waals surface area contributed by atoms with Crippen LogP contribution in [-0.4, -0.2) is 54.7 Å². The highest BCUT2D eigenvalue weighted by atomic mass is 19.4. The topological polar surface area (TPSA) is 15.7 Å². The maximum atomic E-state index is 12.8. The lowest BCUT2D eigenvalue weighted by Gasteiger charge is -2.39. The van der Waals surface area contributed by atoms with Gasteiger partial charge in [0, 0.05) is 26.2 Å². The fourth-order valence-electron chi connectivity index (χ4n) is 4.23. The maximum Gasteiger partial charge on any atom is 0.416 e. The van der Waals surface area contributed by atoms with Crippen molar-refractivity contribution in [2.45, 2.75) is 51.6 Å². The van der Waals surface area contributed by atoms with E-state index in [1.807, 2.05) is 0 Å². The monoisotopic (exact) mass is 370 g/mol. The first-order valence-electron chi connectivity index (χ1n) is 9.56. The van der Waals surface area contributed by atoms with Crippen LogP contribution in [0, 0.1) is 5.92 Å². The van der Waals surface area contributed by atoms with E-state index in [0.717, 1.165) is 57.2 Å². The molecule has 3 rings (SSSR count). The Morgan fingerprint density at radius 1 is 1.04 bits per heavy atom. The minimum Gasteiger partial charge on any atom is -0.373 e. The van der Waals surface area contributed by atoms with Crippen LogP contribution < -0.4 is 0 Å². The number of hydrogen-bond donors (Lipinski definition) is 0. The summed E-state index contributed by atoms with van der Waals surface area (Å²) in [7, 11) is 0. The summed E-state index contributed by atoms with van der Waals surface area (Å²) >= 11 is 0. The van der Waals surface area contributed by atoms with Gasteiger partial charge in [-0.25, -0.2) is 0 Å². The molecule has 6 heteroatoms. The largest absolute Gasteiger partial charge is 0.416 e. The van der Waals surface area contributed by atoms with Crippen molar-refractivity contribution in [2.75, 3.05) is 32.7 Å². The average Bonchev–Trinajstić information content (AvgIpc) is 2.55. The molecule has 0 bridgehead atoms. The molecular formula is C20H29F3N2O. The van der Waals surface area contributed by atoms with Crippen molar-refractivity contribution >= 4 is 0 Å². The number of nitrogens with zero attached hydrogens (tertiary/aromatic N) is 2. The van der Waals surface area contributed by atoms with E-state index < -0.39 is 11.7 Å². The quantitative estimate of drug-likeness (QED) is 0.796. The molecule has 2 atom stereocenters. The highest BCUT2D eigenvalue weighted by Gasteiger charge is 2.31. The van der Waals surface area contributed by atoms with Crippen molar-refractivity contribution in [2.24, 2.45) is 5.92 Å². The molecule has 2 aliphatic rings. The van der Waals surface area contributed by atoms with E-state index >= 15 is 0 Å². The van der Waals surface area contributed by atoms with Gasteiger partial charge in [-0.2, -0.15) is 13.2 Å². The van der Waals surface area contributed by atoms with Crippen LogP contribution in [0.1, 0.15) is 37.8 Å². The third-order valence-corrected chi connectivity index (χ3v) is 5.38. The molecule has 0 saturated carbocycles. The lowest BCUT2D eigenvalue weighted by Crippen LogP contribution is -2.48. The third kappa shape index (κ3) is 5.44. The van der Waals surface area contributed by atoms with Crippen LogP contribution >= 0.6 is 0 Å². The Bertz CT molecular complexity index is 575. The number of hydrogen-bond acceptors (Lipinski definition) is 3. The standard InChI is InChI=1S/C20H29F3N2O/c1-15-11-25(12-16(2)26-15)13-17-6-8-24(9-7-17)14-18-4-3-5-19(10-18)20(21,22)23/h3-5,10,15-17H,6-9,11-14H2,1-2H3. The molecule has 2 aliphatic heterocycles. The van der Waals surface area contributed by atoms with E-state index in [9.17, 15) is 13.2 Å². The summed E-state index contributed by atoms with van der Waals surface area (Å²) in [6, 6.07) is 5.71. The Morgan fingerprint density at radius 3 is 2.31 bits per heavy atom. The molecule has 146 valence electrons. The van der Waals surface area contributed by atoms with Crippen molar-refractivity contribution in [3.63, 3.8) is 0 Å². The minimum absolute atomic E-state index is 0.291. The van der Waals surface area contributed by atoms with Gasteiger partial charge in [-0.1, -0.05) is 18.2 Å². The highest BCUT2D eigenvalue weighted by molar-refractivity contribution is 5.25. The summed E-state index contributed by atoms with van der Waals surface area (Å²) in [5.41, 5.74) is 0.189. The van der Waals surface area contributed by atoms with Crippen molar-refractivity contribution in [3.8, 4) is 0 Å². The lowest BCUT2D eigenvalue weighted by molar-refractivity contribution is -0.137. The van der Waals surface area contributed by atoms with Gasteiger partial charge in [0.05, 0.1) is 17.8 Å². The van der Waals surface area contributed by atoms with E-state index in [4.69, 9.17) is 4.74 Å². The average molecular weight is 370 g/mol. The molecule has 0 amide bonds. The minimum atomic E-state index is -4.27. The molecule has 26 heavy (non-hydrogen) atoms. The Labute approximate surface area is 154 Å². The zero-order valence-electron chi connectivity index (χ0n) is 15.6.